The van der Waals surface area contributed by atoms with E-state index in [2.05, 4.69) is 0 Å². The lowest BCUT2D eigenvalue weighted by Crippen LogP contribution is -2.44. The van der Waals surface area contributed by atoms with E-state index in [4.69, 9.17) is 5.11 Å². The maximum Gasteiger partial charge on any atom is 0.217 e. The summed E-state index contributed by atoms with van der Waals surface area (Å²) in [5, 5.41) is 8.35. The van der Waals surface area contributed by atoms with Crippen LogP contribution in [-0.4, -0.2) is 62.2 Å². The Morgan fingerprint density at radius 3 is 2.11 bits per heavy atom. The van der Waals surface area contributed by atoms with E-state index in [0.29, 0.717) is 0 Å². The molecule has 8 heteroatoms. The Labute approximate surface area is 108 Å². The highest BCUT2D eigenvalue weighted by molar-refractivity contribution is 7.92. The number of sulfone groups is 1. The van der Waals surface area contributed by atoms with E-state index in [0.717, 1.165) is 12.8 Å². The summed E-state index contributed by atoms with van der Waals surface area (Å²) in [4.78, 5) is 0. The highest BCUT2D eigenvalue weighted by atomic mass is 32.2. The lowest BCUT2D eigenvalue weighted by Gasteiger charge is -2.29. The van der Waals surface area contributed by atoms with Crippen molar-refractivity contribution in [3.8, 4) is 0 Å². The van der Waals surface area contributed by atoms with Crippen molar-refractivity contribution in [2.75, 3.05) is 24.7 Å². The number of hydrogen-bond donors (Lipinski definition) is 1. The van der Waals surface area contributed by atoms with Gasteiger partial charge in [-0.15, -0.1) is 0 Å². The van der Waals surface area contributed by atoms with E-state index in [1.165, 1.54) is 4.31 Å². The first-order valence-electron chi connectivity index (χ1n) is 6.19. The first-order valence-corrected chi connectivity index (χ1v) is 9.51. The summed E-state index contributed by atoms with van der Waals surface area (Å²) in [6, 6.07) is 0.0145. The highest BCUT2D eigenvalue weighted by Crippen LogP contribution is 2.32. The molecule has 0 atom stereocenters. The van der Waals surface area contributed by atoms with Crippen molar-refractivity contribution in [2.24, 2.45) is 0 Å². The van der Waals surface area contributed by atoms with Gasteiger partial charge in [-0.1, -0.05) is 0 Å². The zero-order valence-corrected chi connectivity index (χ0v) is 11.8. The largest absolute Gasteiger partial charge is 0.395 e. The van der Waals surface area contributed by atoms with Gasteiger partial charge in [0.05, 0.1) is 23.4 Å². The van der Waals surface area contributed by atoms with Gasteiger partial charge in [-0.2, -0.15) is 4.31 Å². The predicted octanol–water partition coefficient (Wildman–Crippen LogP) is -0.650. The smallest absolute Gasteiger partial charge is 0.217 e. The van der Waals surface area contributed by atoms with E-state index in [1.807, 2.05) is 0 Å². The van der Waals surface area contributed by atoms with Gasteiger partial charge in [0.25, 0.3) is 0 Å². The molecule has 0 aromatic heterocycles. The summed E-state index contributed by atoms with van der Waals surface area (Å²) in [5.41, 5.74) is 0. The molecule has 106 valence electrons. The molecule has 1 aliphatic carbocycles. The molecule has 1 saturated carbocycles. The minimum Gasteiger partial charge on any atom is -0.395 e. The Kier molecular flexibility index (Phi) is 4.01. The molecular formula is C10H19NO5S2. The zero-order chi connectivity index (χ0) is 13.4. The summed E-state index contributed by atoms with van der Waals surface area (Å²) >= 11 is 0. The Morgan fingerprint density at radius 2 is 1.67 bits per heavy atom. The van der Waals surface area contributed by atoms with Crippen LogP contribution in [0.3, 0.4) is 0 Å². The zero-order valence-electron chi connectivity index (χ0n) is 10.2. The van der Waals surface area contributed by atoms with Crippen molar-refractivity contribution in [2.45, 2.75) is 37.0 Å². The Bertz CT molecular complexity index is 480. The molecule has 0 unspecified atom stereocenters. The minimum atomic E-state index is -3.46. The molecule has 1 heterocycles. The second kappa shape index (κ2) is 5.07. The maximum absolute atomic E-state index is 12.4. The van der Waals surface area contributed by atoms with Crippen LogP contribution in [0.15, 0.2) is 0 Å². The SMILES string of the molecule is O=S1(=O)CCC(S(=O)(=O)N(CCO)C2CC2)CC1. The van der Waals surface area contributed by atoms with Crippen molar-refractivity contribution in [3.05, 3.63) is 0 Å². The summed E-state index contributed by atoms with van der Waals surface area (Å²) in [6.45, 7) is -0.0724. The molecule has 0 amide bonds. The molecule has 0 spiro atoms. The molecule has 6 nitrogen and oxygen atoms in total. The second-order valence-electron chi connectivity index (χ2n) is 4.96. The number of sulfonamides is 1. The van der Waals surface area contributed by atoms with Gasteiger partial charge in [0, 0.05) is 12.6 Å². The highest BCUT2D eigenvalue weighted by Gasteiger charge is 2.42. The quantitative estimate of drug-likeness (QED) is 0.728. The van der Waals surface area contributed by atoms with Crippen LogP contribution in [0, 0.1) is 0 Å². The lowest BCUT2D eigenvalue weighted by molar-refractivity contribution is 0.249. The first-order chi connectivity index (χ1) is 8.37. The van der Waals surface area contributed by atoms with Gasteiger partial charge in [0.1, 0.15) is 9.84 Å². The fourth-order valence-corrected chi connectivity index (χ4v) is 6.30. The van der Waals surface area contributed by atoms with Crippen LogP contribution in [0.1, 0.15) is 25.7 Å². The molecule has 0 radical (unpaired) electrons. The topological polar surface area (TPSA) is 91.8 Å². The molecule has 0 aromatic carbocycles. The van der Waals surface area contributed by atoms with E-state index in [1.54, 1.807) is 0 Å². The van der Waals surface area contributed by atoms with Crippen molar-refractivity contribution in [1.82, 2.24) is 4.31 Å². The van der Waals surface area contributed by atoms with Gasteiger partial charge < -0.3 is 5.11 Å². The van der Waals surface area contributed by atoms with Gasteiger partial charge in [-0.05, 0) is 25.7 Å². The van der Waals surface area contributed by atoms with Gasteiger partial charge in [0.15, 0.2) is 0 Å². The van der Waals surface area contributed by atoms with Gasteiger partial charge >= 0.3 is 0 Å². The molecule has 1 N–H and O–H groups in total. The molecular weight excluding hydrogens is 278 g/mol. The second-order valence-corrected chi connectivity index (χ2v) is 9.43. The van der Waals surface area contributed by atoms with E-state index >= 15 is 0 Å². The van der Waals surface area contributed by atoms with Crippen LogP contribution >= 0.6 is 0 Å². The lowest BCUT2D eigenvalue weighted by atomic mass is 10.2. The van der Waals surface area contributed by atoms with Crippen molar-refractivity contribution in [3.63, 3.8) is 0 Å². The molecule has 1 aliphatic heterocycles. The Hall–Kier alpha value is -0.180. The number of rotatable bonds is 5. The number of aliphatic hydroxyl groups excluding tert-OH is 1. The summed E-state index contributed by atoms with van der Waals surface area (Å²) in [5.74, 6) is -0.0942. The van der Waals surface area contributed by atoms with Crippen LogP contribution in [0.25, 0.3) is 0 Å². The minimum absolute atomic E-state index is 0.0145. The third-order valence-corrected chi connectivity index (χ3v) is 7.69. The van der Waals surface area contributed by atoms with E-state index in [9.17, 15) is 16.8 Å². The molecule has 2 rings (SSSR count). The summed E-state index contributed by atoms with van der Waals surface area (Å²) in [7, 11) is -6.52. The van der Waals surface area contributed by atoms with E-state index in [-0.39, 0.29) is 43.5 Å². The third-order valence-electron chi connectivity index (χ3n) is 3.52. The Morgan fingerprint density at radius 1 is 1.11 bits per heavy atom. The first kappa shape index (κ1) is 14.2. The van der Waals surface area contributed by atoms with Crippen LogP contribution < -0.4 is 0 Å². The fraction of sp³-hybridized carbons (Fsp3) is 1.00. The average molecular weight is 297 g/mol. The number of aliphatic hydroxyl groups is 1. The molecule has 2 aliphatic rings. The van der Waals surface area contributed by atoms with Crippen molar-refractivity contribution >= 4 is 19.9 Å². The molecule has 0 aromatic rings. The number of hydrogen-bond acceptors (Lipinski definition) is 5. The van der Waals surface area contributed by atoms with E-state index < -0.39 is 25.1 Å². The predicted molar refractivity (Wildman–Crippen MR) is 67.4 cm³/mol. The molecule has 18 heavy (non-hydrogen) atoms. The fourth-order valence-electron chi connectivity index (χ4n) is 2.34. The van der Waals surface area contributed by atoms with Gasteiger partial charge in [0.2, 0.25) is 10.0 Å². The summed E-state index contributed by atoms with van der Waals surface area (Å²) in [6.07, 6.45) is 2.03. The maximum atomic E-state index is 12.4. The van der Waals surface area contributed by atoms with Crippen molar-refractivity contribution in [1.29, 1.82) is 0 Å². The molecule has 1 saturated heterocycles. The number of nitrogens with zero attached hydrogens (tertiary/aromatic N) is 1. The molecule has 2 fully saturated rings. The standard InChI is InChI=1S/C10H19NO5S2/c12-6-5-11(9-1-2-9)18(15,16)10-3-7-17(13,14)8-4-10/h9-10,12H,1-8H2. The van der Waals surface area contributed by atoms with Crippen molar-refractivity contribution < 1.29 is 21.9 Å². The van der Waals surface area contributed by atoms with Gasteiger partial charge in [-0.3, -0.25) is 0 Å². The average Bonchev–Trinajstić information content (AvgIpc) is 3.09. The van der Waals surface area contributed by atoms with Gasteiger partial charge in [-0.25, -0.2) is 16.8 Å². The normalized spacial score (nSPS) is 25.4. The van der Waals surface area contributed by atoms with Crippen LogP contribution in [0.4, 0.5) is 0 Å². The van der Waals surface area contributed by atoms with Crippen LogP contribution in [0.2, 0.25) is 0 Å². The van der Waals surface area contributed by atoms with Crippen LogP contribution in [-0.2, 0) is 19.9 Å². The van der Waals surface area contributed by atoms with Crippen LogP contribution in [0.5, 0.6) is 0 Å². The Balaban J connectivity index is 2.10. The third kappa shape index (κ3) is 3.04. The molecule has 0 bridgehead atoms. The summed E-state index contributed by atoms with van der Waals surface area (Å²) < 4.78 is 48.8. The monoisotopic (exact) mass is 297 g/mol.